The van der Waals surface area contributed by atoms with Gasteiger partial charge < -0.3 is 10.4 Å². The van der Waals surface area contributed by atoms with Gasteiger partial charge in [-0.05, 0) is 45.4 Å². The summed E-state index contributed by atoms with van der Waals surface area (Å²) in [6, 6.07) is 0. The van der Waals surface area contributed by atoms with E-state index in [9.17, 15) is 14.7 Å². The molecule has 154 valence electrons. The molecule has 2 unspecified atom stereocenters. The van der Waals surface area contributed by atoms with E-state index >= 15 is 0 Å². The number of carbonyl (C=O) groups is 2. The summed E-state index contributed by atoms with van der Waals surface area (Å²) in [6.07, 6.45) is 8.24. The average molecular weight is 386 g/mol. The van der Waals surface area contributed by atoms with Crippen LogP contribution in [-0.2, 0) is 9.59 Å². The van der Waals surface area contributed by atoms with E-state index < -0.39 is 11.6 Å². The van der Waals surface area contributed by atoms with Gasteiger partial charge in [-0.3, -0.25) is 9.59 Å². The van der Waals surface area contributed by atoms with Crippen LogP contribution in [0.1, 0.15) is 72.6 Å². The first kappa shape index (κ1) is 22.2. The molecule has 2 N–H and O–H groups in total. The summed E-state index contributed by atoms with van der Waals surface area (Å²) in [4.78, 5) is 26.0. The fraction of sp³-hybridized carbons (Fsp3) is 0.583. The minimum absolute atomic E-state index is 0.0354. The molecule has 4 heteroatoms. The van der Waals surface area contributed by atoms with Gasteiger partial charge in [0, 0.05) is 18.0 Å². The standard InChI is InChI=1S/C24H35NO3/c1-6-8-9-13-25-21-18(10-7-2)22(26)24(28)20(23(21)27)19-14-16(5)11-12-17(19)15(3)4/h14,17,19,25,27H,3,6-13H2,1-2,4-5H3. The molecule has 2 aliphatic carbocycles. The van der Waals surface area contributed by atoms with Crippen molar-refractivity contribution in [2.24, 2.45) is 11.8 Å². The first-order chi connectivity index (χ1) is 13.3. The van der Waals surface area contributed by atoms with Crippen LogP contribution in [0.3, 0.4) is 0 Å². The molecule has 0 bridgehead atoms. The lowest BCUT2D eigenvalue weighted by Crippen LogP contribution is -2.36. The van der Waals surface area contributed by atoms with Crippen LogP contribution in [0.4, 0.5) is 0 Å². The number of Topliss-reactive ketones (excluding diaryl/α,β-unsaturated/α-hetero) is 2. The lowest BCUT2D eigenvalue weighted by molar-refractivity contribution is -0.133. The Morgan fingerprint density at radius 2 is 1.93 bits per heavy atom. The van der Waals surface area contributed by atoms with Gasteiger partial charge in [0.1, 0.15) is 5.76 Å². The second-order valence-corrected chi connectivity index (χ2v) is 8.19. The molecule has 0 heterocycles. The number of hydrogen-bond donors (Lipinski definition) is 2. The van der Waals surface area contributed by atoms with Gasteiger partial charge in [-0.25, -0.2) is 0 Å². The molecule has 0 fully saturated rings. The molecule has 0 spiro atoms. The zero-order valence-electron chi connectivity index (χ0n) is 17.9. The highest BCUT2D eigenvalue weighted by Crippen LogP contribution is 2.41. The van der Waals surface area contributed by atoms with Crippen LogP contribution in [0.2, 0.25) is 0 Å². The molecule has 2 atom stereocenters. The van der Waals surface area contributed by atoms with Gasteiger partial charge in [0.2, 0.25) is 11.6 Å². The van der Waals surface area contributed by atoms with Crippen LogP contribution >= 0.6 is 0 Å². The third kappa shape index (κ3) is 4.65. The number of rotatable bonds is 9. The van der Waals surface area contributed by atoms with Crippen molar-refractivity contribution in [3.63, 3.8) is 0 Å². The molecule has 0 saturated heterocycles. The highest BCUT2D eigenvalue weighted by molar-refractivity contribution is 6.50. The summed E-state index contributed by atoms with van der Waals surface area (Å²) in [7, 11) is 0. The van der Waals surface area contributed by atoms with Gasteiger partial charge in [0.25, 0.3) is 0 Å². The Morgan fingerprint density at radius 1 is 1.21 bits per heavy atom. The van der Waals surface area contributed by atoms with E-state index in [1.165, 1.54) is 5.57 Å². The number of allylic oxidation sites excluding steroid dienone is 5. The molecule has 0 aromatic heterocycles. The van der Waals surface area contributed by atoms with Crippen LogP contribution in [0.25, 0.3) is 0 Å². The van der Waals surface area contributed by atoms with Crippen LogP contribution in [0, 0.1) is 11.8 Å². The summed E-state index contributed by atoms with van der Waals surface area (Å²) in [5.74, 6) is -1.29. The Kier molecular flexibility index (Phi) is 7.85. The van der Waals surface area contributed by atoms with Gasteiger partial charge in [-0.1, -0.05) is 56.9 Å². The normalized spacial score (nSPS) is 23.2. The SMILES string of the molecule is C=C(C)C1CCC(C)=CC1C1=C(O)C(NCCCCC)=C(CCC)C(=O)C1=O. The number of hydrogen-bond acceptors (Lipinski definition) is 4. The van der Waals surface area contributed by atoms with E-state index in [0.29, 0.717) is 24.2 Å². The van der Waals surface area contributed by atoms with Crippen LogP contribution in [0.15, 0.2) is 46.4 Å². The average Bonchev–Trinajstić information content (AvgIpc) is 2.65. The smallest absolute Gasteiger partial charge is 0.233 e. The molecule has 0 aliphatic heterocycles. The fourth-order valence-corrected chi connectivity index (χ4v) is 4.24. The minimum atomic E-state index is -0.553. The summed E-state index contributed by atoms with van der Waals surface area (Å²) < 4.78 is 0. The molecule has 0 aromatic carbocycles. The van der Waals surface area contributed by atoms with Crippen molar-refractivity contribution in [1.29, 1.82) is 0 Å². The van der Waals surface area contributed by atoms with Crippen molar-refractivity contribution in [2.75, 3.05) is 6.54 Å². The molecule has 0 saturated carbocycles. The molecule has 2 rings (SSSR count). The number of ketones is 2. The van der Waals surface area contributed by atoms with Gasteiger partial charge in [-0.2, -0.15) is 0 Å². The molecule has 0 radical (unpaired) electrons. The number of carbonyl (C=O) groups excluding carboxylic acids is 2. The summed E-state index contributed by atoms with van der Waals surface area (Å²) >= 11 is 0. The van der Waals surface area contributed by atoms with E-state index in [1.807, 2.05) is 26.8 Å². The first-order valence-electron chi connectivity index (χ1n) is 10.7. The second-order valence-electron chi connectivity index (χ2n) is 8.19. The number of aliphatic hydroxyl groups is 1. The van der Waals surface area contributed by atoms with Gasteiger partial charge >= 0.3 is 0 Å². The monoisotopic (exact) mass is 385 g/mol. The summed E-state index contributed by atoms with van der Waals surface area (Å²) in [6.45, 7) is 12.9. The van der Waals surface area contributed by atoms with E-state index in [4.69, 9.17) is 0 Å². The molecule has 0 aromatic rings. The molecule has 2 aliphatic rings. The lowest BCUT2D eigenvalue weighted by atomic mass is 9.70. The maximum Gasteiger partial charge on any atom is 0.233 e. The van der Waals surface area contributed by atoms with Crippen molar-refractivity contribution in [2.45, 2.75) is 72.6 Å². The Hall–Kier alpha value is -2.10. The highest BCUT2D eigenvalue weighted by atomic mass is 16.3. The van der Waals surface area contributed by atoms with E-state index in [0.717, 1.165) is 44.1 Å². The van der Waals surface area contributed by atoms with Gasteiger partial charge in [0.05, 0.1) is 11.3 Å². The quantitative estimate of drug-likeness (QED) is 0.243. The predicted octanol–water partition coefficient (Wildman–Crippen LogP) is 5.33. The Balaban J connectivity index is 2.52. The molecule has 4 nitrogen and oxygen atoms in total. The number of nitrogens with one attached hydrogen (secondary N) is 1. The van der Waals surface area contributed by atoms with E-state index in [1.54, 1.807) is 0 Å². The topological polar surface area (TPSA) is 66.4 Å². The number of aliphatic hydroxyl groups excluding tert-OH is 1. The zero-order valence-corrected chi connectivity index (χ0v) is 17.9. The Labute approximate surface area is 169 Å². The summed E-state index contributed by atoms with van der Waals surface area (Å²) in [5.41, 5.74) is 3.30. The van der Waals surface area contributed by atoms with Crippen molar-refractivity contribution in [3.8, 4) is 0 Å². The Bertz CT molecular complexity index is 739. The van der Waals surface area contributed by atoms with Crippen molar-refractivity contribution >= 4 is 11.6 Å². The third-order valence-corrected chi connectivity index (χ3v) is 5.81. The van der Waals surface area contributed by atoms with Crippen LogP contribution < -0.4 is 5.32 Å². The fourth-order valence-electron chi connectivity index (χ4n) is 4.24. The number of unbranched alkanes of at least 4 members (excludes halogenated alkanes) is 2. The molecule has 28 heavy (non-hydrogen) atoms. The second kappa shape index (κ2) is 9.90. The third-order valence-electron chi connectivity index (χ3n) is 5.81. The van der Waals surface area contributed by atoms with Crippen molar-refractivity contribution in [3.05, 3.63) is 46.4 Å². The summed E-state index contributed by atoms with van der Waals surface area (Å²) in [5, 5.41) is 14.4. The van der Waals surface area contributed by atoms with Gasteiger partial charge in [-0.15, -0.1) is 0 Å². The predicted molar refractivity (Wildman–Crippen MR) is 114 cm³/mol. The maximum absolute atomic E-state index is 13.0. The lowest BCUT2D eigenvalue weighted by Gasteiger charge is -2.33. The van der Waals surface area contributed by atoms with E-state index in [2.05, 4.69) is 18.8 Å². The van der Waals surface area contributed by atoms with E-state index in [-0.39, 0.29) is 23.2 Å². The maximum atomic E-state index is 13.0. The van der Waals surface area contributed by atoms with Crippen LogP contribution in [0.5, 0.6) is 0 Å². The van der Waals surface area contributed by atoms with Crippen molar-refractivity contribution in [1.82, 2.24) is 5.32 Å². The molecular formula is C24H35NO3. The highest BCUT2D eigenvalue weighted by Gasteiger charge is 2.41. The van der Waals surface area contributed by atoms with Crippen LogP contribution in [-0.4, -0.2) is 23.2 Å². The minimum Gasteiger partial charge on any atom is -0.505 e. The molecular weight excluding hydrogens is 350 g/mol. The van der Waals surface area contributed by atoms with Gasteiger partial charge in [0.15, 0.2) is 0 Å². The zero-order chi connectivity index (χ0) is 20.8. The first-order valence-corrected chi connectivity index (χ1v) is 10.7. The molecule has 0 amide bonds. The largest absolute Gasteiger partial charge is 0.505 e. The van der Waals surface area contributed by atoms with Crippen molar-refractivity contribution < 1.29 is 14.7 Å². The Morgan fingerprint density at radius 3 is 2.54 bits per heavy atom.